The van der Waals surface area contributed by atoms with E-state index in [0.717, 1.165) is 10.2 Å². The number of hydrogen-bond donors (Lipinski definition) is 2. The Morgan fingerprint density at radius 3 is 2.91 bits per heavy atom. The van der Waals surface area contributed by atoms with Crippen molar-refractivity contribution in [2.45, 2.75) is 25.4 Å². The van der Waals surface area contributed by atoms with E-state index in [1.165, 1.54) is 18.3 Å². The van der Waals surface area contributed by atoms with E-state index in [0.29, 0.717) is 22.1 Å². The maximum atomic E-state index is 14.0. The molecule has 1 saturated heterocycles. The van der Waals surface area contributed by atoms with Gasteiger partial charge in [-0.25, -0.2) is 9.07 Å². The van der Waals surface area contributed by atoms with Gasteiger partial charge in [-0.1, -0.05) is 12.1 Å². The van der Waals surface area contributed by atoms with Gasteiger partial charge in [0.1, 0.15) is 24.2 Å². The largest absolute Gasteiger partial charge is 0.488 e. The van der Waals surface area contributed by atoms with Crippen LogP contribution in [0.1, 0.15) is 30.0 Å². The molecule has 2 aliphatic rings. The van der Waals surface area contributed by atoms with E-state index in [9.17, 15) is 23.6 Å². The van der Waals surface area contributed by atoms with Crippen molar-refractivity contribution in [3.05, 3.63) is 75.5 Å². The van der Waals surface area contributed by atoms with Crippen molar-refractivity contribution in [1.29, 1.82) is 0 Å². The van der Waals surface area contributed by atoms with Crippen LogP contribution in [0.3, 0.4) is 0 Å². The van der Waals surface area contributed by atoms with Crippen molar-refractivity contribution >= 4 is 34.6 Å². The zero-order valence-electron chi connectivity index (χ0n) is 17.8. The Balaban J connectivity index is 1.32. The lowest BCUT2D eigenvalue weighted by Crippen LogP contribution is -2.45. The van der Waals surface area contributed by atoms with E-state index in [1.54, 1.807) is 30.3 Å². The molecule has 3 heterocycles. The molecule has 10 heteroatoms. The molecule has 1 fully saturated rings. The van der Waals surface area contributed by atoms with Gasteiger partial charge in [0.15, 0.2) is 0 Å². The van der Waals surface area contributed by atoms with Gasteiger partial charge in [-0.15, -0.1) is 0 Å². The first-order valence-electron chi connectivity index (χ1n) is 10.6. The van der Waals surface area contributed by atoms with Gasteiger partial charge in [-0.2, -0.15) is 5.10 Å². The molecule has 0 radical (unpaired) electrons. The maximum Gasteiger partial charge on any atom is 0.275 e. The summed E-state index contributed by atoms with van der Waals surface area (Å²) in [6, 6.07) is 8.67. The van der Waals surface area contributed by atoms with E-state index < -0.39 is 23.3 Å². The summed E-state index contributed by atoms with van der Waals surface area (Å²) in [6.07, 6.45) is 3.30. The lowest BCUT2D eigenvalue weighted by Gasteiger charge is -2.21. The van der Waals surface area contributed by atoms with Gasteiger partial charge in [0.25, 0.3) is 17.4 Å². The van der Waals surface area contributed by atoms with Crippen LogP contribution in [0.15, 0.2) is 53.0 Å². The molecule has 2 aromatic carbocycles. The summed E-state index contributed by atoms with van der Waals surface area (Å²) >= 11 is 0. The number of ether oxygens (including phenoxy) is 1. The first-order valence-corrected chi connectivity index (χ1v) is 10.6. The van der Waals surface area contributed by atoms with E-state index in [-0.39, 0.29) is 43.4 Å². The van der Waals surface area contributed by atoms with Crippen molar-refractivity contribution in [2.75, 3.05) is 6.61 Å². The Bertz CT molecular complexity index is 1450. The van der Waals surface area contributed by atoms with Crippen LogP contribution in [0.5, 0.6) is 5.75 Å². The summed E-state index contributed by atoms with van der Waals surface area (Å²) in [6.45, 7) is 0.205. The normalized spacial score (nSPS) is 17.4. The molecule has 1 atom stereocenters. The average Bonchev–Trinajstić information content (AvgIpc) is 2.83. The summed E-state index contributed by atoms with van der Waals surface area (Å²) in [5.41, 5.74) is 0.827. The zero-order valence-corrected chi connectivity index (χ0v) is 17.8. The number of carbonyl (C=O) groups excluding carboxylic acids is 3. The van der Waals surface area contributed by atoms with Crippen molar-refractivity contribution < 1.29 is 23.5 Å². The summed E-state index contributed by atoms with van der Waals surface area (Å²) in [5, 5.41) is 10.0. The van der Waals surface area contributed by atoms with Gasteiger partial charge in [-0.05, 0) is 42.3 Å². The number of aromatic nitrogens is 2. The minimum Gasteiger partial charge on any atom is -0.488 e. The minimum atomic E-state index is -0.838. The predicted octanol–water partition coefficient (Wildman–Crippen LogP) is 1.61. The molecule has 2 aliphatic heterocycles. The molecule has 0 bridgehead atoms. The Labute approximate surface area is 192 Å². The van der Waals surface area contributed by atoms with Gasteiger partial charge < -0.3 is 10.1 Å². The molecule has 2 N–H and O–H groups in total. The van der Waals surface area contributed by atoms with Crippen LogP contribution in [0.25, 0.3) is 16.8 Å². The molecular weight excluding hydrogens is 443 g/mol. The number of fused-ring (bicyclic) bond motifs is 2. The number of carbonyl (C=O) groups is 3. The highest BCUT2D eigenvalue weighted by atomic mass is 19.1. The fourth-order valence-electron chi connectivity index (χ4n) is 4.04. The lowest BCUT2D eigenvalue weighted by atomic mass is 10.1. The quantitative estimate of drug-likeness (QED) is 0.569. The number of nitrogens with zero attached hydrogens (tertiary/aromatic N) is 2. The van der Waals surface area contributed by atoms with E-state index in [4.69, 9.17) is 4.74 Å². The van der Waals surface area contributed by atoms with Crippen LogP contribution in [-0.2, 0) is 20.9 Å². The molecule has 1 aromatic heterocycles. The first kappa shape index (κ1) is 21.5. The van der Waals surface area contributed by atoms with Gasteiger partial charge in [0.05, 0.1) is 22.7 Å². The summed E-state index contributed by atoms with van der Waals surface area (Å²) in [5.74, 6) is -1.38. The maximum absolute atomic E-state index is 14.0. The number of halogens is 1. The second-order valence-electron chi connectivity index (χ2n) is 8.08. The van der Waals surface area contributed by atoms with Crippen LogP contribution in [0, 0.1) is 5.82 Å². The minimum absolute atomic E-state index is 0.0316. The van der Waals surface area contributed by atoms with Crippen molar-refractivity contribution in [2.24, 2.45) is 0 Å². The van der Waals surface area contributed by atoms with Gasteiger partial charge >= 0.3 is 0 Å². The standard InChI is InChI=1S/C24H19FN4O5/c25-18-2-1-3-20-17(18)9-15(12-34-20)22(31)26-10-13-4-5-16-14(8-13)11-27-29(24(16)33)19-6-7-21(30)28-23(19)32/h1-5,8-9,11,19H,6-7,10,12H2,(H,26,31)(H,28,30,32). The van der Waals surface area contributed by atoms with Crippen molar-refractivity contribution in [3.8, 4) is 5.75 Å². The second-order valence-corrected chi connectivity index (χ2v) is 8.08. The average molecular weight is 462 g/mol. The Kier molecular flexibility index (Phi) is 5.40. The molecule has 3 aromatic rings. The number of imide groups is 1. The van der Waals surface area contributed by atoms with Crippen LogP contribution >= 0.6 is 0 Å². The van der Waals surface area contributed by atoms with Crippen molar-refractivity contribution in [1.82, 2.24) is 20.4 Å². The number of nitrogens with one attached hydrogen (secondary N) is 2. The van der Waals surface area contributed by atoms with E-state index in [1.807, 2.05) is 0 Å². The molecule has 3 amide bonds. The van der Waals surface area contributed by atoms with Gasteiger partial charge in [-0.3, -0.25) is 24.5 Å². The third-order valence-electron chi connectivity index (χ3n) is 5.84. The lowest BCUT2D eigenvalue weighted by molar-refractivity contribution is -0.136. The summed E-state index contributed by atoms with van der Waals surface area (Å²) in [4.78, 5) is 48.9. The second kappa shape index (κ2) is 8.54. The highest BCUT2D eigenvalue weighted by Gasteiger charge is 2.30. The molecule has 5 rings (SSSR count). The summed E-state index contributed by atoms with van der Waals surface area (Å²) in [7, 11) is 0. The van der Waals surface area contributed by atoms with E-state index >= 15 is 0 Å². The fraction of sp³-hybridized carbons (Fsp3) is 0.208. The van der Waals surface area contributed by atoms with Crippen molar-refractivity contribution in [3.63, 3.8) is 0 Å². The number of benzene rings is 2. The highest BCUT2D eigenvalue weighted by molar-refractivity contribution is 6.00. The number of hydrogen-bond acceptors (Lipinski definition) is 6. The fourth-order valence-corrected chi connectivity index (χ4v) is 4.04. The molecular formula is C24H19FN4O5. The summed E-state index contributed by atoms with van der Waals surface area (Å²) < 4.78 is 20.6. The third kappa shape index (κ3) is 3.94. The highest BCUT2D eigenvalue weighted by Crippen LogP contribution is 2.28. The van der Waals surface area contributed by atoms with Crippen LogP contribution < -0.4 is 20.9 Å². The number of amides is 3. The number of piperidine rings is 1. The third-order valence-corrected chi connectivity index (χ3v) is 5.84. The Morgan fingerprint density at radius 2 is 2.09 bits per heavy atom. The Hall–Kier alpha value is -4.34. The molecule has 172 valence electrons. The van der Waals surface area contributed by atoms with Crippen LogP contribution in [0.4, 0.5) is 4.39 Å². The van der Waals surface area contributed by atoms with E-state index in [2.05, 4.69) is 15.7 Å². The van der Waals surface area contributed by atoms with Crippen LogP contribution in [-0.4, -0.2) is 34.1 Å². The molecule has 34 heavy (non-hydrogen) atoms. The van der Waals surface area contributed by atoms with Gasteiger partial charge in [0.2, 0.25) is 5.91 Å². The topological polar surface area (TPSA) is 119 Å². The number of rotatable bonds is 4. The molecule has 9 nitrogen and oxygen atoms in total. The molecule has 1 unspecified atom stereocenters. The molecule has 0 saturated carbocycles. The van der Waals surface area contributed by atoms with Crippen LogP contribution in [0.2, 0.25) is 0 Å². The molecule has 0 spiro atoms. The van der Waals surface area contributed by atoms with Gasteiger partial charge in [0, 0.05) is 18.4 Å². The monoisotopic (exact) mass is 462 g/mol. The molecule has 0 aliphatic carbocycles. The zero-order chi connectivity index (χ0) is 23.8. The SMILES string of the molecule is O=C1CCC(n2ncc3cc(CNC(=O)C4=Cc5c(F)cccc5OC4)ccc3c2=O)C(=O)N1. The smallest absolute Gasteiger partial charge is 0.275 e. The predicted molar refractivity (Wildman–Crippen MR) is 119 cm³/mol. The Morgan fingerprint density at radius 1 is 1.24 bits per heavy atom. The first-order chi connectivity index (χ1) is 16.4.